The Bertz CT molecular complexity index is 1070. The quantitative estimate of drug-likeness (QED) is 0.288. The first-order chi connectivity index (χ1) is 17.4. The van der Waals surface area contributed by atoms with Gasteiger partial charge in [-0.2, -0.15) is 0 Å². The first-order valence-corrected chi connectivity index (χ1v) is 12.6. The third-order valence-corrected chi connectivity index (χ3v) is 9.18. The summed E-state index contributed by atoms with van der Waals surface area (Å²) in [6.07, 6.45) is 1.48. The molecular weight excluding hydrogens is 488 g/mol. The second kappa shape index (κ2) is 8.92. The van der Waals surface area contributed by atoms with Crippen LogP contribution < -0.4 is 0 Å². The number of ether oxygens (including phenoxy) is 5. The van der Waals surface area contributed by atoms with Gasteiger partial charge in [-0.05, 0) is 25.8 Å². The Morgan fingerprint density at radius 3 is 2.49 bits per heavy atom. The number of epoxide rings is 1. The molecule has 2 N–H and O–H groups in total. The van der Waals surface area contributed by atoms with E-state index in [1.165, 1.54) is 12.2 Å². The summed E-state index contributed by atoms with van der Waals surface area (Å²) in [5.41, 5.74) is -2.46. The van der Waals surface area contributed by atoms with Crippen LogP contribution in [0.2, 0.25) is 0 Å². The molecule has 2 aliphatic carbocycles. The molecule has 0 aromatic rings. The van der Waals surface area contributed by atoms with Gasteiger partial charge in [0.05, 0.1) is 36.8 Å². The minimum absolute atomic E-state index is 0.191. The van der Waals surface area contributed by atoms with Crippen molar-refractivity contribution in [3.63, 3.8) is 0 Å². The predicted octanol–water partition coefficient (Wildman–Crippen LogP) is 0.925. The second-order valence-corrected chi connectivity index (χ2v) is 11.0. The molecule has 11 nitrogen and oxygen atoms in total. The van der Waals surface area contributed by atoms with Crippen molar-refractivity contribution in [3.05, 3.63) is 23.8 Å². The SMILES string of the molecule is CC1/C=C\C(=O)OC2CC3OC4C=C(C(=O)O)CCC4(COC(=O)C(O)C(C)COC1=O)C2(C)C31CO1. The molecule has 202 valence electrons. The average Bonchev–Trinajstić information content (AvgIpc) is 3.65. The van der Waals surface area contributed by atoms with E-state index in [2.05, 4.69) is 0 Å². The van der Waals surface area contributed by atoms with Gasteiger partial charge in [0, 0.05) is 29.4 Å². The Labute approximate surface area is 213 Å². The van der Waals surface area contributed by atoms with Crippen LogP contribution in [-0.2, 0) is 42.9 Å². The zero-order valence-electron chi connectivity index (χ0n) is 21.0. The van der Waals surface area contributed by atoms with E-state index in [0.29, 0.717) is 13.0 Å². The molecule has 1 saturated carbocycles. The van der Waals surface area contributed by atoms with Crippen molar-refractivity contribution in [1.29, 1.82) is 0 Å². The molecule has 0 aromatic heterocycles. The maximum atomic E-state index is 12.9. The highest BCUT2D eigenvalue weighted by molar-refractivity contribution is 5.87. The van der Waals surface area contributed by atoms with E-state index in [1.54, 1.807) is 19.9 Å². The van der Waals surface area contributed by atoms with Gasteiger partial charge in [0.1, 0.15) is 18.3 Å². The number of rotatable bonds is 1. The van der Waals surface area contributed by atoms with Gasteiger partial charge in [-0.1, -0.05) is 19.9 Å². The van der Waals surface area contributed by atoms with Crippen LogP contribution >= 0.6 is 0 Å². The smallest absolute Gasteiger partial charge is 0.335 e. The number of aliphatic hydroxyl groups is 1. The molecule has 5 rings (SSSR count). The molecule has 2 saturated heterocycles. The van der Waals surface area contributed by atoms with Crippen LogP contribution in [0, 0.1) is 22.7 Å². The third-order valence-electron chi connectivity index (χ3n) is 9.18. The van der Waals surface area contributed by atoms with Gasteiger partial charge in [0.25, 0.3) is 0 Å². The summed E-state index contributed by atoms with van der Waals surface area (Å²) in [6.45, 7) is 4.96. The highest BCUT2D eigenvalue weighted by Gasteiger charge is 2.83. The number of carbonyl (C=O) groups excluding carboxylic acids is 3. The van der Waals surface area contributed by atoms with Crippen molar-refractivity contribution in [1.82, 2.24) is 0 Å². The first kappa shape index (κ1) is 25.9. The number of cyclic esters (lactones) is 2. The molecule has 2 spiro atoms. The Balaban J connectivity index is 1.57. The van der Waals surface area contributed by atoms with E-state index in [0.717, 1.165) is 0 Å². The van der Waals surface area contributed by atoms with E-state index in [9.17, 15) is 29.4 Å². The molecule has 3 fully saturated rings. The van der Waals surface area contributed by atoms with Gasteiger partial charge in [0.2, 0.25) is 0 Å². The normalized spacial score (nSPS) is 46.7. The lowest BCUT2D eigenvalue weighted by atomic mass is 9.51. The summed E-state index contributed by atoms with van der Waals surface area (Å²) in [5.74, 6) is -4.71. The predicted molar refractivity (Wildman–Crippen MR) is 123 cm³/mol. The Kier molecular flexibility index (Phi) is 6.24. The van der Waals surface area contributed by atoms with Gasteiger partial charge in [0.15, 0.2) is 6.10 Å². The minimum Gasteiger partial charge on any atom is -0.478 e. The van der Waals surface area contributed by atoms with Gasteiger partial charge in [-0.25, -0.2) is 14.4 Å². The monoisotopic (exact) mass is 520 g/mol. The molecule has 0 aromatic carbocycles. The van der Waals surface area contributed by atoms with Gasteiger partial charge >= 0.3 is 23.9 Å². The Morgan fingerprint density at radius 2 is 1.81 bits per heavy atom. The molecule has 3 heterocycles. The molecule has 0 amide bonds. The highest BCUT2D eigenvalue weighted by atomic mass is 16.6. The number of aliphatic hydroxyl groups excluding tert-OH is 1. The van der Waals surface area contributed by atoms with Crippen molar-refractivity contribution in [2.45, 2.75) is 70.1 Å². The zero-order chi connectivity index (χ0) is 26.8. The van der Waals surface area contributed by atoms with Gasteiger partial charge in [-0.3, -0.25) is 4.79 Å². The number of aliphatic carboxylic acids is 1. The Hall–Kier alpha value is -2.76. The minimum atomic E-state index is -1.55. The van der Waals surface area contributed by atoms with Crippen LogP contribution in [0.3, 0.4) is 0 Å². The fourth-order valence-electron chi connectivity index (χ4n) is 6.61. The molecular formula is C26H32O11. The lowest BCUT2D eigenvalue weighted by Crippen LogP contribution is -2.67. The van der Waals surface area contributed by atoms with E-state index in [4.69, 9.17) is 23.7 Å². The highest BCUT2D eigenvalue weighted by Crippen LogP contribution is 2.72. The number of carbonyl (C=O) groups is 4. The second-order valence-electron chi connectivity index (χ2n) is 11.0. The lowest BCUT2D eigenvalue weighted by Gasteiger charge is -2.58. The topological polar surface area (TPSA) is 158 Å². The van der Waals surface area contributed by atoms with Crippen molar-refractivity contribution in [2.75, 3.05) is 19.8 Å². The van der Waals surface area contributed by atoms with Crippen LogP contribution in [-0.4, -0.2) is 83.9 Å². The maximum Gasteiger partial charge on any atom is 0.335 e. The van der Waals surface area contributed by atoms with Gasteiger partial charge in [-0.15, -0.1) is 0 Å². The van der Waals surface area contributed by atoms with Crippen LogP contribution in [0.4, 0.5) is 0 Å². The molecule has 9 atom stereocenters. The van der Waals surface area contributed by atoms with E-state index in [1.807, 2.05) is 6.92 Å². The van der Waals surface area contributed by atoms with Crippen LogP contribution in [0.5, 0.6) is 0 Å². The molecule has 11 heteroatoms. The van der Waals surface area contributed by atoms with Crippen LogP contribution in [0.15, 0.2) is 23.8 Å². The van der Waals surface area contributed by atoms with E-state index in [-0.39, 0.29) is 31.6 Å². The van der Waals surface area contributed by atoms with Crippen LogP contribution in [0.25, 0.3) is 0 Å². The third kappa shape index (κ3) is 3.81. The number of hydrogen-bond acceptors (Lipinski definition) is 10. The summed E-state index contributed by atoms with van der Waals surface area (Å²) in [5, 5.41) is 20.2. The summed E-state index contributed by atoms with van der Waals surface area (Å²) in [6, 6.07) is 0. The zero-order valence-corrected chi connectivity index (χ0v) is 21.0. The first-order valence-electron chi connectivity index (χ1n) is 12.6. The lowest BCUT2D eigenvalue weighted by molar-refractivity contribution is -0.235. The molecule has 2 bridgehead atoms. The largest absolute Gasteiger partial charge is 0.478 e. The fourth-order valence-corrected chi connectivity index (χ4v) is 6.61. The van der Waals surface area contributed by atoms with E-state index >= 15 is 0 Å². The number of carboxylic acids is 1. The standard InChI is InChI=1S/C26H32O11/c1-13-4-5-19(27)37-16-9-18-26(12-35-26)24(16,3)25(7-6-15(21(29)30)8-17(25)36-18)11-34-23(32)20(28)14(2)10-33-22(13)31/h4-5,8,13-14,16-18,20,28H,6-7,9-12H2,1-3H3,(H,29,30)/b5-4-. The summed E-state index contributed by atoms with van der Waals surface area (Å²) in [4.78, 5) is 49.9. The molecule has 3 aliphatic heterocycles. The maximum absolute atomic E-state index is 12.9. The number of carboxylic acid groups (broad SMARTS) is 1. The van der Waals surface area contributed by atoms with Crippen molar-refractivity contribution < 1.29 is 53.1 Å². The van der Waals surface area contributed by atoms with Crippen molar-refractivity contribution in [2.24, 2.45) is 22.7 Å². The molecule has 5 aliphatic rings. The molecule has 0 radical (unpaired) electrons. The summed E-state index contributed by atoms with van der Waals surface area (Å²) in [7, 11) is 0. The summed E-state index contributed by atoms with van der Waals surface area (Å²) < 4.78 is 29.2. The molecule has 9 unspecified atom stereocenters. The number of hydrogen-bond donors (Lipinski definition) is 2. The van der Waals surface area contributed by atoms with E-state index < -0.39 is 76.6 Å². The fraction of sp³-hybridized carbons (Fsp3) is 0.692. The van der Waals surface area contributed by atoms with Crippen molar-refractivity contribution in [3.8, 4) is 0 Å². The van der Waals surface area contributed by atoms with Crippen LogP contribution in [0.1, 0.15) is 40.0 Å². The summed E-state index contributed by atoms with van der Waals surface area (Å²) >= 11 is 0. The number of esters is 3. The molecule has 37 heavy (non-hydrogen) atoms. The van der Waals surface area contributed by atoms with Gasteiger partial charge < -0.3 is 33.9 Å². The van der Waals surface area contributed by atoms with Crippen molar-refractivity contribution >= 4 is 23.9 Å². The Morgan fingerprint density at radius 1 is 1.08 bits per heavy atom. The average molecular weight is 521 g/mol.